The van der Waals surface area contributed by atoms with Crippen molar-refractivity contribution in [2.24, 2.45) is 28.6 Å². The van der Waals surface area contributed by atoms with E-state index >= 15 is 4.39 Å². The first-order chi connectivity index (χ1) is 14.7. The van der Waals surface area contributed by atoms with Crippen molar-refractivity contribution >= 4 is 17.5 Å². The predicted octanol–water partition coefficient (Wildman–Crippen LogP) is 2.86. The van der Waals surface area contributed by atoms with Crippen LogP contribution in [0.5, 0.6) is 0 Å². The van der Waals surface area contributed by atoms with Crippen molar-refractivity contribution in [3.63, 3.8) is 0 Å². The van der Waals surface area contributed by atoms with Gasteiger partial charge in [-0.3, -0.25) is 14.4 Å². The molecule has 0 bridgehead atoms. The molecule has 4 rings (SSSR count). The zero-order valence-corrected chi connectivity index (χ0v) is 19.2. The first-order valence-electron chi connectivity index (χ1n) is 11.4. The molecule has 8 atom stereocenters. The van der Waals surface area contributed by atoms with Gasteiger partial charge in [-0.05, 0) is 49.2 Å². The number of esters is 1. The molecule has 0 aromatic heterocycles. The number of halogens is 1. The Morgan fingerprint density at radius 2 is 1.97 bits per heavy atom. The third-order valence-electron chi connectivity index (χ3n) is 9.43. The Balaban J connectivity index is 1.79. The average Bonchev–Trinajstić information content (AvgIpc) is 2.91. The molecule has 176 valence electrons. The summed E-state index contributed by atoms with van der Waals surface area (Å²) in [6.07, 6.45) is 1.12. The van der Waals surface area contributed by atoms with Crippen LogP contribution in [0, 0.1) is 28.6 Å². The summed E-state index contributed by atoms with van der Waals surface area (Å²) in [5.41, 5.74) is -4.74. The lowest BCUT2D eigenvalue weighted by atomic mass is 9.43. The summed E-state index contributed by atoms with van der Waals surface area (Å²) in [4.78, 5) is 36.4. The second kappa shape index (κ2) is 7.07. The van der Waals surface area contributed by atoms with Gasteiger partial charge in [0.25, 0.3) is 0 Å². The van der Waals surface area contributed by atoms with E-state index < -0.39 is 58.4 Å². The van der Waals surface area contributed by atoms with Gasteiger partial charge in [0.1, 0.15) is 11.3 Å². The second-order valence-corrected chi connectivity index (χ2v) is 10.9. The summed E-state index contributed by atoms with van der Waals surface area (Å²) in [5.74, 6) is -2.84. The number of aliphatic hydroxyl groups excluding tert-OH is 1. The van der Waals surface area contributed by atoms with E-state index in [1.807, 2.05) is 0 Å². The molecular formula is C25H33FO6. The number of hydrogen-bond acceptors (Lipinski definition) is 6. The van der Waals surface area contributed by atoms with Crippen molar-refractivity contribution in [2.75, 3.05) is 6.61 Å². The van der Waals surface area contributed by atoms with E-state index in [1.165, 1.54) is 13.0 Å². The van der Waals surface area contributed by atoms with E-state index in [1.54, 1.807) is 20.8 Å². The van der Waals surface area contributed by atoms with Gasteiger partial charge < -0.3 is 14.9 Å². The fraction of sp³-hybridized carbons (Fsp3) is 0.720. The first-order valence-corrected chi connectivity index (χ1v) is 11.4. The summed E-state index contributed by atoms with van der Waals surface area (Å²) < 4.78 is 22.1. The summed E-state index contributed by atoms with van der Waals surface area (Å²) in [7, 11) is 0. The van der Waals surface area contributed by atoms with Crippen LogP contribution in [0.3, 0.4) is 0 Å². The highest BCUT2D eigenvalue weighted by molar-refractivity contribution is 5.93. The lowest BCUT2D eigenvalue weighted by molar-refractivity contribution is -0.224. The van der Waals surface area contributed by atoms with E-state index in [9.17, 15) is 24.6 Å². The maximum Gasteiger partial charge on any atom is 0.303 e. The van der Waals surface area contributed by atoms with Crippen LogP contribution in [0.2, 0.25) is 0 Å². The van der Waals surface area contributed by atoms with Crippen LogP contribution >= 0.6 is 0 Å². The average molecular weight is 449 g/mol. The molecule has 0 spiro atoms. The molecule has 0 aromatic carbocycles. The number of carbonyl (C=O) groups is 3. The number of carbonyl (C=O) groups excluding carboxylic acids is 3. The highest BCUT2D eigenvalue weighted by Crippen LogP contribution is 2.71. The van der Waals surface area contributed by atoms with Gasteiger partial charge >= 0.3 is 5.97 Å². The summed E-state index contributed by atoms with van der Waals surface area (Å²) >= 11 is 0. The van der Waals surface area contributed by atoms with Gasteiger partial charge in [-0.2, -0.15) is 0 Å². The molecule has 4 aliphatic rings. The van der Waals surface area contributed by atoms with Crippen molar-refractivity contribution in [3.05, 3.63) is 23.8 Å². The van der Waals surface area contributed by atoms with E-state index in [2.05, 4.69) is 6.58 Å². The Labute approximate surface area is 187 Å². The Kier molecular flexibility index (Phi) is 5.15. The highest BCUT2D eigenvalue weighted by atomic mass is 19.1. The van der Waals surface area contributed by atoms with Gasteiger partial charge in [-0.1, -0.05) is 32.9 Å². The molecular weight excluding hydrogens is 415 g/mol. The Morgan fingerprint density at radius 3 is 2.59 bits per heavy atom. The number of Topliss-reactive ketones (excluding diaryl/α,β-unsaturated/α-hetero) is 1. The number of fused-ring (bicyclic) bond motifs is 5. The monoisotopic (exact) mass is 448 g/mol. The second-order valence-electron chi connectivity index (χ2n) is 10.9. The van der Waals surface area contributed by atoms with Crippen LogP contribution in [0.1, 0.15) is 59.8 Å². The van der Waals surface area contributed by atoms with E-state index in [-0.39, 0.29) is 37.4 Å². The van der Waals surface area contributed by atoms with Crippen LogP contribution in [-0.4, -0.2) is 51.7 Å². The van der Waals surface area contributed by atoms with Gasteiger partial charge in [0.2, 0.25) is 5.78 Å². The SMILES string of the molecule is C=C1C[C@H]2[C@@H]3CC(C)[C@](O)(C(=O)COC(C)=O)[C@@]3(C)CC(O)[C@]2(F)[C@@]2(C)CCC(=O)C=C12. The number of ketones is 2. The fourth-order valence-electron chi connectivity index (χ4n) is 7.77. The quantitative estimate of drug-likeness (QED) is 0.644. The van der Waals surface area contributed by atoms with Crippen LogP contribution in [-0.2, 0) is 19.1 Å². The van der Waals surface area contributed by atoms with Crippen molar-refractivity contribution in [3.8, 4) is 0 Å². The minimum absolute atomic E-state index is 0.0595. The third kappa shape index (κ3) is 2.67. The molecule has 7 heteroatoms. The molecule has 0 aliphatic heterocycles. The molecule has 3 fully saturated rings. The van der Waals surface area contributed by atoms with Gasteiger partial charge in [-0.15, -0.1) is 0 Å². The maximum absolute atomic E-state index is 17.2. The normalized spacial score (nSPS) is 47.8. The number of hydrogen-bond donors (Lipinski definition) is 2. The molecule has 0 radical (unpaired) electrons. The molecule has 0 saturated heterocycles. The highest BCUT2D eigenvalue weighted by Gasteiger charge is 2.76. The number of rotatable bonds is 3. The van der Waals surface area contributed by atoms with Crippen LogP contribution in [0.15, 0.2) is 23.8 Å². The molecule has 2 N–H and O–H groups in total. The van der Waals surface area contributed by atoms with Crippen LogP contribution < -0.4 is 0 Å². The number of alkyl halides is 1. The largest absolute Gasteiger partial charge is 0.458 e. The fourth-order valence-corrected chi connectivity index (χ4v) is 7.77. The molecule has 4 aliphatic carbocycles. The van der Waals surface area contributed by atoms with Gasteiger partial charge in [0, 0.05) is 30.1 Å². The van der Waals surface area contributed by atoms with Gasteiger partial charge in [-0.25, -0.2) is 4.39 Å². The molecule has 3 saturated carbocycles. The van der Waals surface area contributed by atoms with Gasteiger partial charge in [0.05, 0.1) is 6.10 Å². The van der Waals surface area contributed by atoms with Crippen LogP contribution in [0.4, 0.5) is 4.39 Å². The minimum Gasteiger partial charge on any atom is -0.458 e. The minimum atomic E-state index is -2.01. The lowest BCUT2D eigenvalue weighted by Crippen LogP contribution is -2.70. The van der Waals surface area contributed by atoms with Crippen molar-refractivity contribution < 1.29 is 33.7 Å². The van der Waals surface area contributed by atoms with Gasteiger partial charge in [0.15, 0.2) is 12.4 Å². The summed E-state index contributed by atoms with van der Waals surface area (Å²) in [5, 5.41) is 23.1. The Bertz CT molecular complexity index is 941. The first kappa shape index (κ1) is 23.3. The van der Waals surface area contributed by atoms with Crippen molar-refractivity contribution in [1.82, 2.24) is 0 Å². The van der Waals surface area contributed by atoms with E-state index in [4.69, 9.17) is 4.74 Å². The van der Waals surface area contributed by atoms with Crippen molar-refractivity contribution in [1.29, 1.82) is 0 Å². The van der Waals surface area contributed by atoms with Crippen LogP contribution in [0.25, 0.3) is 0 Å². The standard InChI is InChI=1S/C25H33FO6/c1-13-8-19-18-9-14(2)25(31,21(30)12-32-15(3)27)23(18,5)11-20(29)24(19,26)22(4)7-6-16(28)10-17(13)22/h10,14,18-20,29,31H,1,6-9,11-12H2,2-5H3/t14?,18-,19-,20?,22-,23-,24-,25-/m0/s1. The summed E-state index contributed by atoms with van der Waals surface area (Å²) in [6.45, 7) is 10.1. The number of aliphatic hydroxyl groups is 2. The smallest absolute Gasteiger partial charge is 0.303 e. The zero-order valence-electron chi connectivity index (χ0n) is 19.2. The summed E-state index contributed by atoms with van der Waals surface area (Å²) in [6, 6.07) is 0. The lowest BCUT2D eigenvalue weighted by Gasteiger charge is -2.63. The number of allylic oxidation sites excluding steroid dienone is 2. The predicted molar refractivity (Wildman–Crippen MR) is 114 cm³/mol. The molecule has 0 heterocycles. The zero-order chi connectivity index (χ0) is 23.9. The third-order valence-corrected chi connectivity index (χ3v) is 9.43. The van der Waals surface area contributed by atoms with Crippen molar-refractivity contribution in [2.45, 2.75) is 77.2 Å². The molecule has 32 heavy (non-hydrogen) atoms. The molecule has 0 aromatic rings. The molecule has 6 nitrogen and oxygen atoms in total. The molecule has 2 unspecified atom stereocenters. The Morgan fingerprint density at radius 1 is 1.31 bits per heavy atom. The topological polar surface area (TPSA) is 101 Å². The van der Waals surface area contributed by atoms with E-state index in [0.29, 0.717) is 17.6 Å². The maximum atomic E-state index is 17.2. The Hall–Kier alpha value is -1.86. The van der Waals surface area contributed by atoms with E-state index in [0.717, 1.165) is 0 Å². The molecule has 0 amide bonds. The number of ether oxygens (including phenoxy) is 1.